The Morgan fingerprint density at radius 1 is 1.35 bits per heavy atom. The highest BCUT2D eigenvalue weighted by molar-refractivity contribution is 7.91. The van der Waals surface area contributed by atoms with Crippen LogP contribution >= 0.6 is 11.5 Å². The standard InChI is InChI=1S/C11H18N4O3S2/c1-20(17,18)8-9(12)15-19-11(8)14-7-4-2-6(3-5-7)10(13)16/h6-7,14H,2-5H2,1H3,(H2,12,15)(H2,13,16). The third-order valence-corrected chi connectivity index (χ3v) is 5.59. The van der Waals surface area contributed by atoms with Gasteiger partial charge in [-0.25, -0.2) is 8.42 Å². The van der Waals surface area contributed by atoms with Crippen molar-refractivity contribution < 1.29 is 13.2 Å². The zero-order valence-electron chi connectivity index (χ0n) is 11.1. The number of rotatable bonds is 4. The van der Waals surface area contributed by atoms with Crippen LogP contribution < -0.4 is 16.8 Å². The highest BCUT2D eigenvalue weighted by Gasteiger charge is 2.27. The molecule has 2 rings (SSSR count). The van der Waals surface area contributed by atoms with Crippen LogP contribution in [0.2, 0.25) is 0 Å². The highest BCUT2D eigenvalue weighted by atomic mass is 32.2. The molecule has 0 radical (unpaired) electrons. The summed E-state index contributed by atoms with van der Waals surface area (Å²) in [6, 6.07) is 0.117. The number of primary amides is 1. The molecule has 0 aliphatic heterocycles. The molecular weight excluding hydrogens is 300 g/mol. The monoisotopic (exact) mass is 318 g/mol. The van der Waals surface area contributed by atoms with E-state index in [9.17, 15) is 13.2 Å². The maximum absolute atomic E-state index is 11.7. The highest BCUT2D eigenvalue weighted by Crippen LogP contribution is 2.34. The van der Waals surface area contributed by atoms with Crippen molar-refractivity contribution >= 4 is 38.1 Å². The van der Waals surface area contributed by atoms with Crippen LogP contribution in [-0.4, -0.2) is 31.0 Å². The summed E-state index contributed by atoms with van der Waals surface area (Å²) in [7, 11) is -3.41. The van der Waals surface area contributed by atoms with Crippen molar-refractivity contribution in [2.24, 2.45) is 11.7 Å². The first-order valence-electron chi connectivity index (χ1n) is 6.30. The first kappa shape index (κ1) is 15.0. The zero-order chi connectivity index (χ0) is 14.9. The fraction of sp³-hybridized carbons (Fsp3) is 0.636. The molecule has 0 bridgehead atoms. The smallest absolute Gasteiger partial charge is 0.220 e. The molecule has 1 aliphatic carbocycles. The number of nitrogens with zero attached hydrogens (tertiary/aromatic N) is 1. The van der Waals surface area contributed by atoms with E-state index in [4.69, 9.17) is 11.5 Å². The summed E-state index contributed by atoms with van der Waals surface area (Å²) in [4.78, 5) is 11.2. The predicted molar refractivity (Wildman–Crippen MR) is 78.2 cm³/mol. The molecular formula is C11H18N4O3S2. The number of nitrogens with two attached hydrogens (primary N) is 2. The summed E-state index contributed by atoms with van der Waals surface area (Å²) >= 11 is 1.05. The average molecular weight is 318 g/mol. The van der Waals surface area contributed by atoms with E-state index in [0.29, 0.717) is 5.00 Å². The zero-order valence-corrected chi connectivity index (χ0v) is 12.8. The van der Waals surface area contributed by atoms with E-state index in [1.54, 1.807) is 0 Å². The molecule has 0 unspecified atom stereocenters. The van der Waals surface area contributed by atoms with Crippen LogP contribution in [0.3, 0.4) is 0 Å². The number of hydrogen-bond acceptors (Lipinski definition) is 7. The molecule has 1 amide bonds. The van der Waals surface area contributed by atoms with Gasteiger partial charge in [0.2, 0.25) is 5.91 Å². The maximum Gasteiger partial charge on any atom is 0.220 e. The lowest BCUT2D eigenvalue weighted by Gasteiger charge is -2.27. The average Bonchev–Trinajstić information content (AvgIpc) is 2.70. The summed E-state index contributed by atoms with van der Waals surface area (Å²) in [6.07, 6.45) is 4.09. The van der Waals surface area contributed by atoms with Crippen molar-refractivity contribution in [3.8, 4) is 0 Å². The lowest BCUT2D eigenvalue weighted by Crippen LogP contribution is -2.32. The lowest BCUT2D eigenvalue weighted by atomic mass is 9.86. The summed E-state index contributed by atoms with van der Waals surface area (Å²) < 4.78 is 27.3. The van der Waals surface area contributed by atoms with Crippen LogP contribution in [0, 0.1) is 5.92 Å². The number of carbonyl (C=O) groups is 1. The predicted octanol–water partition coefficient (Wildman–Crippen LogP) is 0.585. The minimum Gasteiger partial charge on any atom is -0.382 e. The molecule has 1 aromatic heterocycles. The van der Waals surface area contributed by atoms with E-state index >= 15 is 0 Å². The van der Waals surface area contributed by atoms with Gasteiger partial charge in [0.15, 0.2) is 15.7 Å². The third kappa shape index (κ3) is 3.21. The molecule has 20 heavy (non-hydrogen) atoms. The molecule has 0 aromatic carbocycles. The summed E-state index contributed by atoms with van der Waals surface area (Å²) in [6.45, 7) is 0. The van der Waals surface area contributed by atoms with Crippen molar-refractivity contribution in [3.63, 3.8) is 0 Å². The van der Waals surface area contributed by atoms with Crippen molar-refractivity contribution in [2.45, 2.75) is 36.6 Å². The number of sulfone groups is 1. The number of anilines is 2. The van der Waals surface area contributed by atoms with Crippen LogP contribution in [-0.2, 0) is 14.6 Å². The molecule has 7 nitrogen and oxygen atoms in total. The van der Waals surface area contributed by atoms with Crippen molar-refractivity contribution in [3.05, 3.63) is 0 Å². The molecule has 0 spiro atoms. The topological polar surface area (TPSA) is 128 Å². The normalized spacial score (nSPS) is 23.4. The molecule has 1 saturated carbocycles. The number of hydrogen-bond donors (Lipinski definition) is 3. The number of nitrogens with one attached hydrogen (secondary N) is 1. The lowest BCUT2D eigenvalue weighted by molar-refractivity contribution is -0.122. The second kappa shape index (κ2) is 5.57. The second-order valence-corrected chi connectivity index (χ2v) is 7.82. The van der Waals surface area contributed by atoms with Gasteiger partial charge < -0.3 is 16.8 Å². The van der Waals surface area contributed by atoms with Gasteiger partial charge in [-0.15, -0.1) is 0 Å². The Labute approximate surface area is 121 Å². The van der Waals surface area contributed by atoms with Gasteiger partial charge >= 0.3 is 0 Å². The first-order chi connectivity index (χ1) is 9.29. The van der Waals surface area contributed by atoms with Gasteiger partial charge in [-0.1, -0.05) is 0 Å². The van der Waals surface area contributed by atoms with Gasteiger partial charge in [0.05, 0.1) is 0 Å². The van der Waals surface area contributed by atoms with Gasteiger partial charge in [-0.2, -0.15) is 4.37 Å². The number of carbonyl (C=O) groups excluding carboxylic acids is 1. The Balaban J connectivity index is 2.08. The van der Waals surface area contributed by atoms with Gasteiger partial charge in [-0.3, -0.25) is 4.79 Å². The molecule has 0 saturated heterocycles. The Kier molecular flexibility index (Phi) is 4.19. The number of nitrogen functional groups attached to an aromatic ring is 1. The van der Waals surface area contributed by atoms with E-state index in [1.165, 1.54) is 0 Å². The number of aromatic nitrogens is 1. The Morgan fingerprint density at radius 3 is 2.45 bits per heavy atom. The third-order valence-electron chi connectivity index (χ3n) is 3.51. The minimum atomic E-state index is -3.41. The van der Waals surface area contributed by atoms with E-state index < -0.39 is 9.84 Å². The second-order valence-electron chi connectivity index (χ2n) is 5.09. The Morgan fingerprint density at radius 2 is 1.95 bits per heavy atom. The molecule has 1 heterocycles. The molecule has 5 N–H and O–H groups in total. The Bertz CT molecular complexity index is 603. The Hall–Kier alpha value is -1.35. The van der Waals surface area contributed by atoms with Crippen LogP contribution in [0.5, 0.6) is 0 Å². The van der Waals surface area contributed by atoms with Crippen molar-refractivity contribution in [2.75, 3.05) is 17.3 Å². The summed E-state index contributed by atoms with van der Waals surface area (Å²) in [5.41, 5.74) is 10.9. The SMILES string of the molecule is CS(=O)(=O)c1c(N)nsc1NC1CCC(C(N)=O)CC1. The molecule has 1 fully saturated rings. The molecule has 1 aliphatic rings. The van der Waals surface area contributed by atoms with Gasteiger partial charge in [-0.05, 0) is 37.2 Å². The fourth-order valence-electron chi connectivity index (χ4n) is 2.45. The van der Waals surface area contributed by atoms with Gasteiger partial charge in [0.25, 0.3) is 0 Å². The van der Waals surface area contributed by atoms with Crippen molar-refractivity contribution in [1.29, 1.82) is 0 Å². The fourth-order valence-corrected chi connectivity index (χ4v) is 4.58. The van der Waals surface area contributed by atoms with E-state index in [0.717, 1.165) is 43.5 Å². The summed E-state index contributed by atoms with van der Waals surface area (Å²) in [5.74, 6) is -0.304. The molecule has 9 heteroatoms. The number of amides is 1. The first-order valence-corrected chi connectivity index (χ1v) is 8.96. The summed E-state index contributed by atoms with van der Waals surface area (Å²) in [5, 5.41) is 3.66. The van der Waals surface area contributed by atoms with Crippen LogP contribution in [0.1, 0.15) is 25.7 Å². The van der Waals surface area contributed by atoms with Gasteiger partial charge in [0.1, 0.15) is 9.90 Å². The largest absolute Gasteiger partial charge is 0.382 e. The molecule has 0 atom stereocenters. The molecule has 112 valence electrons. The van der Waals surface area contributed by atoms with Crippen LogP contribution in [0.25, 0.3) is 0 Å². The maximum atomic E-state index is 11.7. The van der Waals surface area contributed by atoms with Crippen LogP contribution in [0.4, 0.5) is 10.8 Å². The van der Waals surface area contributed by atoms with Gasteiger partial charge in [0, 0.05) is 18.2 Å². The quantitative estimate of drug-likeness (QED) is 0.745. The van der Waals surface area contributed by atoms with Crippen molar-refractivity contribution in [1.82, 2.24) is 4.37 Å². The molecule has 1 aromatic rings. The minimum absolute atomic E-state index is 0.0332. The van der Waals surface area contributed by atoms with E-state index in [-0.39, 0.29) is 28.6 Å². The van der Waals surface area contributed by atoms with E-state index in [2.05, 4.69) is 9.69 Å². The van der Waals surface area contributed by atoms with Crippen LogP contribution in [0.15, 0.2) is 4.90 Å². The van der Waals surface area contributed by atoms with E-state index in [1.807, 2.05) is 0 Å².